The molecule has 0 spiro atoms. The number of thioether (sulfide) groups is 1. The molecular formula is C29H27N5OS. The molecule has 1 atom stereocenters. The molecule has 0 aliphatic heterocycles. The molecule has 1 amide bonds. The number of fused-ring (bicyclic) bond motifs is 1. The Balaban J connectivity index is 1.63. The van der Waals surface area contributed by atoms with Crippen LogP contribution in [-0.4, -0.2) is 30.9 Å². The molecule has 7 heteroatoms. The van der Waals surface area contributed by atoms with Gasteiger partial charge in [-0.15, -0.1) is 0 Å². The van der Waals surface area contributed by atoms with Gasteiger partial charge in [-0.3, -0.25) is 4.79 Å². The van der Waals surface area contributed by atoms with Gasteiger partial charge >= 0.3 is 0 Å². The third-order valence-corrected chi connectivity index (χ3v) is 7.24. The number of anilines is 1. The lowest BCUT2D eigenvalue weighted by molar-refractivity contribution is -0.115. The number of hydrogen-bond donors (Lipinski definition) is 1. The fraction of sp³-hybridized carbons (Fsp3) is 0.172. The van der Waals surface area contributed by atoms with Gasteiger partial charge in [-0.2, -0.15) is 5.10 Å². The Kier molecular flexibility index (Phi) is 7.09. The van der Waals surface area contributed by atoms with Gasteiger partial charge in [0.05, 0.1) is 22.0 Å². The topological polar surface area (TPSA) is 72.7 Å². The number of aryl methyl sites for hydroxylation is 1. The minimum atomic E-state index is -0.322. The van der Waals surface area contributed by atoms with Crippen molar-refractivity contribution < 1.29 is 4.79 Å². The van der Waals surface area contributed by atoms with Crippen LogP contribution in [0.25, 0.3) is 28.1 Å². The highest BCUT2D eigenvalue weighted by atomic mass is 32.2. The van der Waals surface area contributed by atoms with Crippen molar-refractivity contribution in [3.63, 3.8) is 0 Å². The Morgan fingerprint density at radius 3 is 2.17 bits per heavy atom. The second kappa shape index (κ2) is 10.7. The van der Waals surface area contributed by atoms with Crippen molar-refractivity contribution in [2.24, 2.45) is 0 Å². The summed E-state index contributed by atoms with van der Waals surface area (Å²) in [7, 11) is 0. The summed E-state index contributed by atoms with van der Waals surface area (Å²) in [5.74, 6) is 0.568. The van der Waals surface area contributed by atoms with Gasteiger partial charge in [0.25, 0.3) is 0 Å². The molecule has 0 saturated heterocycles. The van der Waals surface area contributed by atoms with E-state index in [0.717, 1.165) is 45.1 Å². The first kappa shape index (κ1) is 23.8. The number of carbonyl (C=O) groups excluding carboxylic acids is 1. The molecule has 0 radical (unpaired) electrons. The number of rotatable bonds is 8. The van der Waals surface area contributed by atoms with Crippen LogP contribution >= 0.6 is 11.8 Å². The molecule has 2 heterocycles. The summed E-state index contributed by atoms with van der Waals surface area (Å²) < 4.78 is 1.89. The van der Waals surface area contributed by atoms with Gasteiger partial charge in [-0.1, -0.05) is 92.3 Å². The lowest BCUT2D eigenvalue weighted by Gasteiger charge is -2.16. The number of amides is 1. The van der Waals surface area contributed by atoms with E-state index >= 15 is 0 Å². The zero-order chi connectivity index (χ0) is 24.9. The highest BCUT2D eigenvalue weighted by Gasteiger charge is 2.25. The summed E-state index contributed by atoms with van der Waals surface area (Å²) in [6.45, 7) is 4.10. The van der Waals surface area contributed by atoms with Crippen LogP contribution in [0.2, 0.25) is 0 Å². The highest BCUT2D eigenvalue weighted by molar-refractivity contribution is 8.00. The van der Waals surface area contributed by atoms with Crippen molar-refractivity contribution in [1.82, 2.24) is 19.7 Å². The summed E-state index contributed by atoms with van der Waals surface area (Å²) in [4.78, 5) is 23.2. The zero-order valence-electron chi connectivity index (χ0n) is 20.3. The van der Waals surface area contributed by atoms with E-state index in [0.29, 0.717) is 12.2 Å². The van der Waals surface area contributed by atoms with Crippen molar-refractivity contribution in [3.8, 4) is 17.1 Å². The molecule has 1 N–H and O–H groups in total. The van der Waals surface area contributed by atoms with Gasteiger partial charge in [-0.05, 0) is 37.1 Å². The smallest absolute Gasteiger partial charge is 0.237 e. The summed E-state index contributed by atoms with van der Waals surface area (Å²) in [5.41, 5.74) is 4.29. The largest absolute Gasteiger partial charge is 0.325 e. The molecule has 0 fully saturated rings. The number of carbonyl (C=O) groups is 1. The lowest BCUT2D eigenvalue weighted by atomic mass is 10.2. The van der Waals surface area contributed by atoms with Crippen LogP contribution in [0.4, 0.5) is 5.69 Å². The normalized spacial score (nSPS) is 11.9. The molecule has 180 valence electrons. The summed E-state index contributed by atoms with van der Waals surface area (Å²) in [6.07, 6.45) is 1.38. The number of nitrogens with one attached hydrogen (secondary N) is 1. The fourth-order valence-electron chi connectivity index (χ4n) is 4.05. The van der Waals surface area contributed by atoms with Crippen LogP contribution in [0.3, 0.4) is 0 Å². The van der Waals surface area contributed by atoms with E-state index in [1.54, 1.807) is 0 Å². The quantitative estimate of drug-likeness (QED) is 0.196. The summed E-state index contributed by atoms with van der Waals surface area (Å²) in [5, 5.41) is 9.31. The van der Waals surface area contributed by atoms with E-state index in [2.05, 4.69) is 12.2 Å². The number of hydrogen-bond acceptors (Lipinski definition) is 5. The Bertz CT molecular complexity index is 1470. The SMILES string of the molecule is CCc1nn(-c2ccccc2)c2nc(-c3ccccc3)nc(S[C@@H](CC)C(=O)Nc3ccccc3)c12. The van der Waals surface area contributed by atoms with E-state index in [1.165, 1.54) is 11.8 Å². The minimum Gasteiger partial charge on any atom is -0.325 e. The van der Waals surface area contributed by atoms with E-state index in [4.69, 9.17) is 15.1 Å². The van der Waals surface area contributed by atoms with Gasteiger partial charge < -0.3 is 5.32 Å². The minimum absolute atomic E-state index is 0.0461. The monoisotopic (exact) mass is 493 g/mol. The first-order valence-electron chi connectivity index (χ1n) is 12.1. The second-order valence-electron chi connectivity index (χ2n) is 8.33. The van der Waals surface area contributed by atoms with Gasteiger partial charge in [0.15, 0.2) is 11.5 Å². The lowest BCUT2D eigenvalue weighted by Crippen LogP contribution is -2.24. The maximum Gasteiger partial charge on any atom is 0.237 e. The molecule has 0 aliphatic carbocycles. The average Bonchev–Trinajstić information content (AvgIpc) is 3.32. The molecule has 0 saturated carbocycles. The van der Waals surface area contributed by atoms with Crippen molar-refractivity contribution in [2.45, 2.75) is 37.0 Å². The van der Waals surface area contributed by atoms with Crippen LogP contribution in [0.1, 0.15) is 26.0 Å². The predicted molar refractivity (Wildman–Crippen MR) is 146 cm³/mol. The number of benzene rings is 3. The van der Waals surface area contributed by atoms with E-state index in [1.807, 2.05) is 103 Å². The van der Waals surface area contributed by atoms with Crippen LogP contribution in [-0.2, 0) is 11.2 Å². The van der Waals surface area contributed by atoms with Crippen LogP contribution in [0, 0.1) is 0 Å². The fourth-order valence-corrected chi connectivity index (χ4v) is 5.12. The Labute approximate surface area is 214 Å². The molecule has 6 nitrogen and oxygen atoms in total. The van der Waals surface area contributed by atoms with Crippen molar-refractivity contribution in [1.29, 1.82) is 0 Å². The maximum atomic E-state index is 13.2. The molecule has 0 aliphatic rings. The van der Waals surface area contributed by atoms with Crippen LogP contribution in [0.5, 0.6) is 0 Å². The predicted octanol–water partition coefficient (Wildman–Crippen LogP) is 6.55. The van der Waals surface area contributed by atoms with Crippen molar-refractivity contribution in [2.75, 3.05) is 5.32 Å². The van der Waals surface area contributed by atoms with Gasteiger partial charge in [-0.25, -0.2) is 14.6 Å². The Morgan fingerprint density at radius 1 is 0.889 bits per heavy atom. The molecule has 2 aromatic heterocycles. The Morgan fingerprint density at radius 2 is 1.53 bits per heavy atom. The summed E-state index contributed by atoms with van der Waals surface area (Å²) >= 11 is 1.48. The average molecular weight is 494 g/mol. The van der Waals surface area contributed by atoms with Gasteiger partial charge in [0.2, 0.25) is 5.91 Å². The van der Waals surface area contributed by atoms with Crippen LogP contribution < -0.4 is 5.32 Å². The Hall–Kier alpha value is -3.97. The first-order chi connectivity index (χ1) is 17.7. The highest BCUT2D eigenvalue weighted by Crippen LogP contribution is 2.35. The number of para-hydroxylation sites is 2. The first-order valence-corrected chi connectivity index (χ1v) is 13.0. The van der Waals surface area contributed by atoms with Crippen LogP contribution in [0.15, 0.2) is 96.0 Å². The number of nitrogens with zero attached hydrogens (tertiary/aromatic N) is 4. The second-order valence-corrected chi connectivity index (χ2v) is 9.53. The molecular weight excluding hydrogens is 466 g/mol. The zero-order valence-corrected chi connectivity index (χ0v) is 21.1. The standard InChI is InChI=1S/C29H27N5OS/c1-3-23-25-27(34(33-23)22-18-12-7-13-19-22)31-26(20-14-8-5-9-15-20)32-29(25)36-24(4-2)28(35)30-21-16-10-6-11-17-21/h5-19,24H,3-4H2,1-2H3,(H,30,35)/t24-/m0/s1. The van der Waals surface area contributed by atoms with Crippen molar-refractivity contribution in [3.05, 3.63) is 96.7 Å². The third-order valence-electron chi connectivity index (χ3n) is 5.89. The van der Waals surface area contributed by atoms with E-state index in [9.17, 15) is 4.79 Å². The van der Waals surface area contributed by atoms with Crippen molar-refractivity contribution >= 4 is 34.4 Å². The molecule has 36 heavy (non-hydrogen) atoms. The third kappa shape index (κ3) is 4.88. The van der Waals surface area contributed by atoms with Gasteiger partial charge in [0, 0.05) is 11.3 Å². The molecule has 0 bridgehead atoms. The molecule has 3 aromatic carbocycles. The van der Waals surface area contributed by atoms with E-state index < -0.39 is 0 Å². The molecule has 0 unspecified atom stereocenters. The molecule has 5 rings (SSSR count). The van der Waals surface area contributed by atoms with Gasteiger partial charge in [0.1, 0.15) is 5.03 Å². The summed E-state index contributed by atoms with van der Waals surface area (Å²) in [6, 6.07) is 29.5. The maximum absolute atomic E-state index is 13.2. The number of aromatic nitrogens is 4. The van der Waals surface area contributed by atoms with E-state index in [-0.39, 0.29) is 11.2 Å². The molecule has 5 aromatic rings.